The van der Waals surface area contributed by atoms with Crippen molar-refractivity contribution in [3.05, 3.63) is 158 Å². The Hall–Kier alpha value is -5.32. The number of fused-ring (bicyclic) bond motifs is 1. The van der Waals surface area contributed by atoms with Crippen molar-refractivity contribution in [1.29, 1.82) is 10.5 Å². The maximum absolute atomic E-state index is 8.61. The van der Waals surface area contributed by atoms with E-state index in [0.29, 0.717) is 23.0 Å². The van der Waals surface area contributed by atoms with Crippen molar-refractivity contribution in [3.8, 4) is 12.1 Å². The van der Waals surface area contributed by atoms with E-state index in [1.54, 1.807) is 13.0 Å². The quantitative estimate of drug-likeness (QED) is 0.192. The number of allylic oxidation sites excluding steroid dienone is 12. The van der Waals surface area contributed by atoms with E-state index in [1.165, 1.54) is 60.8 Å². The first-order valence-corrected chi connectivity index (χ1v) is 21.6. The van der Waals surface area contributed by atoms with Gasteiger partial charge in [0.2, 0.25) is 0 Å². The molecular weight excluding hydrogens is 717 g/mol. The number of para-hydroxylation sites is 1. The predicted molar refractivity (Wildman–Crippen MR) is 264 cm³/mol. The molecule has 1 aliphatic carbocycles. The number of benzene rings is 2. The fraction of sp³-hybridized carbons (Fsp3) is 0.418. The molecule has 2 aromatic carbocycles. The summed E-state index contributed by atoms with van der Waals surface area (Å²) in [5, 5.41) is 22.6. The minimum absolute atomic E-state index is 0.438. The Labute approximate surface area is 362 Å². The zero-order chi connectivity index (χ0) is 46.0. The second kappa shape index (κ2) is 29.8. The van der Waals surface area contributed by atoms with Gasteiger partial charge in [0.25, 0.3) is 0 Å². The van der Waals surface area contributed by atoms with Crippen LogP contribution in [0, 0.1) is 48.3 Å². The lowest BCUT2D eigenvalue weighted by atomic mass is 9.89. The molecule has 0 amide bonds. The normalized spacial score (nSPS) is 13.8. The van der Waals surface area contributed by atoms with Gasteiger partial charge in [-0.2, -0.15) is 10.5 Å². The highest BCUT2D eigenvalue weighted by molar-refractivity contribution is 5.68. The summed E-state index contributed by atoms with van der Waals surface area (Å²) >= 11 is 0. The fourth-order valence-corrected chi connectivity index (χ4v) is 6.12. The van der Waals surface area contributed by atoms with Gasteiger partial charge in [0.1, 0.15) is 0 Å². The Bertz CT molecular complexity index is 2090. The summed E-state index contributed by atoms with van der Waals surface area (Å²) in [7, 11) is 0. The molecule has 0 saturated heterocycles. The maximum Gasteiger partial charge on any atom is 0.0944 e. The topological polar surface area (TPSA) is 62.9 Å². The van der Waals surface area contributed by atoms with E-state index in [4.69, 9.17) is 10.5 Å². The average Bonchev–Trinajstić information content (AvgIpc) is 3.41. The third-order valence-electron chi connectivity index (χ3n) is 9.96. The molecule has 1 N–H and O–H groups in total. The van der Waals surface area contributed by atoms with E-state index < -0.39 is 0 Å². The minimum Gasteiger partial charge on any atom is -0.359 e. The molecule has 59 heavy (non-hydrogen) atoms. The number of nitrogens with zero attached hydrogens (tertiary/aromatic N) is 3. The van der Waals surface area contributed by atoms with Crippen LogP contribution in [0.15, 0.2) is 131 Å². The molecule has 0 aromatic heterocycles. The molecule has 0 fully saturated rings. The van der Waals surface area contributed by atoms with E-state index in [1.807, 2.05) is 71.9 Å². The zero-order valence-corrected chi connectivity index (χ0v) is 40.8. The van der Waals surface area contributed by atoms with Crippen LogP contribution in [0.1, 0.15) is 141 Å². The van der Waals surface area contributed by atoms with Gasteiger partial charge in [-0.25, -0.2) is 0 Å². The van der Waals surface area contributed by atoms with Crippen LogP contribution in [0.4, 0.5) is 5.69 Å². The second-order valence-electron chi connectivity index (χ2n) is 14.8. The number of nitrogens with one attached hydrogen (secondary N) is 1. The van der Waals surface area contributed by atoms with E-state index in [0.717, 1.165) is 29.9 Å². The maximum atomic E-state index is 8.61. The third kappa shape index (κ3) is 17.6. The van der Waals surface area contributed by atoms with Crippen LogP contribution < -0.4 is 15.8 Å². The smallest absolute Gasteiger partial charge is 0.0944 e. The second-order valence-corrected chi connectivity index (χ2v) is 14.8. The van der Waals surface area contributed by atoms with Gasteiger partial charge in [-0.15, -0.1) is 0 Å². The van der Waals surface area contributed by atoms with Gasteiger partial charge >= 0.3 is 0 Å². The number of nitriles is 2. The molecule has 0 atom stereocenters. The van der Waals surface area contributed by atoms with Crippen molar-refractivity contribution in [2.75, 3.05) is 5.32 Å². The van der Waals surface area contributed by atoms with Crippen molar-refractivity contribution in [2.45, 2.75) is 144 Å². The summed E-state index contributed by atoms with van der Waals surface area (Å²) in [6.45, 7) is 48.0. The van der Waals surface area contributed by atoms with Crippen LogP contribution in [0.5, 0.6) is 0 Å². The molecule has 0 unspecified atom stereocenters. The highest BCUT2D eigenvalue weighted by atomic mass is 15.2. The van der Waals surface area contributed by atoms with E-state index in [9.17, 15) is 0 Å². The van der Waals surface area contributed by atoms with Crippen LogP contribution in [0.2, 0.25) is 0 Å². The minimum atomic E-state index is 0.438. The molecule has 0 saturated carbocycles. The molecule has 0 bridgehead atoms. The number of hydrogen-bond donors (Lipinski definition) is 1. The fourth-order valence-electron chi connectivity index (χ4n) is 6.12. The molecule has 2 aromatic rings. The zero-order valence-electron chi connectivity index (χ0n) is 40.8. The lowest BCUT2D eigenvalue weighted by molar-refractivity contribution is 0.610. The first kappa shape index (κ1) is 55.8. The van der Waals surface area contributed by atoms with E-state index in [-0.39, 0.29) is 0 Å². The summed E-state index contributed by atoms with van der Waals surface area (Å²) in [6, 6.07) is 16.8. The highest BCUT2D eigenvalue weighted by Crippen LogP contribution is 2.33. The predicted octanol–water partition coefficient (Wildman–Crippen LogP) is 15.0. The van der Waals surface area contributed by atoms with Crippen molar-refractivity contribution in [1.82, 2.24) is 4.90 Å². The van der Waals surface area contributed by atoms with Crippen molar-refractivity contribution in [3.63, 3.8) is 0 Å². The van der Waals surface area contributed by atoms with Gasteiger partial charge < -0.3 is 10.2 Å². The van der Waals surface area contributed by atoms with Crippen molar-refractivity contribution < 1.29 is 0 Å². The van der Waals surface area contributed by atoms with Crippen LogP contribution in [0.25, 0.3) is 11.3 Å². The Morgan fingerprint density at radius 2 is 1.44 bits per heavy atom. The van der Waals surface area contributed by atoms with Gasteiger partial charge in [0, 0.05) is 39.1 Å². The SMILES string of the molecule is C/C(C#N)=C\C=C(/C)Nc1ccccc1C.C=C(C#N)CC.C=C(C)N(C1=c2cc/c(=C(/C)C(C)C)c(C)c2C/C(=C\C)C(C(C)C)=C1)C(=C/C)/C(C)=C\C.CC.CC. The standard InChI is InChI=1S/C32H45N.C14H16N2.C5H7N.2C2H6/c1-13-23(10)31(15-3)33(22(8)9)32-19-29(21(6)7)26(14-2)18-30-25(12)27(16-17-28(30)32)24(11)20(4)5;1-11(10-15)8-9-13(3)16-14-7-5-4-6-12(14)2;1-3-5(2)4-6;2*1-2/h13-17,19-21H,8,18H2,1-7,9-12H3;4-9,16H,1-3H3;2-3H2,1H3;2*1-2H3/b23-13-,26-14+,27-24+,31-15+;11-8+,13-9+;;;. The highest BCUT2D eigenvalue weighted by Gasteiger charge is 2.23. The number of hydrogen-bond acceptors (Lipinski definition) is 4. The molecular formula is C55H80N4. The van der Waals surface area contributed by atoms with Crippen LogP contribution >= 0.6 is 0 Å². The Kier molecular flexibility index (Phi) is 28.2. The van der Waals surface area contributed by atoms with Crippen LogP contribution in [0.3, 0.4) is 0 Å². The van der Waals surface area contributed by atoms with E-state index >= 15 is 0 Å². The number of rotatable bonds is 10. The summed E-state index contributed by atoms with van der Waals surface area (Å²) in [5.41, 5.74) is 16.5. The summed E-state index contributed by atoms with van der Waals surface area (Å²) in [5.74, 6) is 0.966. The number of aryl methyl sites for hydroxylation is 1. The molecule has 0 heterocycles. The van der Waals surface area contributed by atoms with Crippen molar-refractivity contribution >= 4 is 17.0 Å². The monoisotopic (exact) mass is 797 g/mol. The summed E-state index contributed by atoms with van der Waals surface area (Å²) in [6.07, 6.45) is 14.6. The Morgan fingerprint density at radius 1 is 0.847 bits per heavy atom. The molecule has 4 heteroatoms. The largest absolute Gasteiger partial charge is 0.359 e. The molecule has 1 aliphatic rings. The first-order chi connectivity index (χ1) is 27.9. The van der Waals surface area contributed by atoms with Crippen LogP contribution in [-0.2, 0) is 6.42 Å². The summed E-state index contributed by atoms with van der Waals surface area (Å²) in [4.78, 5) is 2.35. The van der Waals surface area contributed by atoms with Gasteiger partial charge in [-0.3, -0.25) is 0 Å². The third-order valence-corrected chi connectivity index (χ3v) is 9.96. The molecule has 3 rings (SSSR count). The summed E-state index contributed by atoms with van der Waals surface area (Å²) < 4.78 is 0. The van der Waals surface area contributed by atoms with Gasteiger partial charge in [0.05, 0.1) is 17.8 Å². The lowest BCUT2D eigenvalue weighted by Crippen LogP contribution is -2.29. The lowest BCUT2D eigenvalue weighted by Gasteiger charge is -2.30. The van der Waals surface area contributed by atoms with Crippen LogP contribution in [-0.4, -0.2) is 4.90 Å². The Morgan fingerprint density at radius 3 is 1.86 bits per heavy atom. The van der Waals surface area contributed by atoms with E-state index in [2.05, 4.69) is 155 Å². The first-order valence-electron chi connectivity index (χ1n) is 21.6. The van der Waals surface area contributed by atoms with Gasteiger partial charge in [-0.1, -0.05) is 130 Å². The molecule has 0 spiro atoms. The number of anilines is 1. The molecule has 4 nitrogen and oxygen atoms in total. The van der Waals surface area contributed by atoms with Gasteiger partial charge in [-0.05, 0) is 157 Å². The molecule has 0 aliphatic heterocycles. The van der Waals surface area contributed by atoms with Crippen molar-refractivity contribution in [2.24, 2.45) is 11.8 Å². The molecule has 320 valence electrons. The average molecular weight is 797 g/mol. The Balaban J connectivity index is 0. The molecule has 0 radical (unpaired) electrons. The van der Waals surface area contributed by atoms with Gasteiger partial charge in [0.15, 0.2) is 0 Å².